The number of hydrogen-bond donors (Lipinski definition) is 2. The molecule has 0 radical (unpaired) electrons. The number of methoxy groups -OCH3 is 1. The first kappa shape index (κ1) is 17.4. The number of amides is 1. The Hall–Kier alpha value is -2.47. The third kappa shape index (κ3) is 3.64. The van der Waals surface area contributed by atoms with E-state index in [2.05, 4.69) is 5.32 Å². The molecule has 0 bridgehead atoms. The minimum absolute atomic E-state index is 0.0857. The van der Waals surface area contributed by atoms with Gasteiger partial charge in [0.1, 0.15) is 0 Å². The second-order valence-electron chi connectivity index (χ2n) is 6.67. The summed E-state index contributed by atoms with van der Waals surface area (Å²) in [7, 11) is 1.40. The smallest absolute Gasteiger partial charge is 0.328 e. The summed E-state index contributed by atoms with van der Waals surface area (Å²) < 4.78 is 4.89. The molecule has 1 atom stereocenters. The van der Waals surface area contributed by atoms with Crippen LogP contribution in [0.3, 0.4) is 0 Å². The van der Waals surface area contributed by atoms with Crippen LogP contribution in [0, 0.1) is 13.8 Å². The lowest BCUT2D eigenvalue weighted by Crippen LogP contribution is -2.43. The molecule has 1 unspecified atom stereocenters. The van der Waals surface area contributed by atoms with Crippen LogP contribution >= 0.6 is 0 Å². The summed E-state index contributed by atoms with van der Waals surface area (Å²) in [6.07, 6.45) is 2.15. The molecule has 1 aromatic carbocycles. The van der Waals surface area contributed by atoms with Crippen molar-refractivity contribution in [3.63, 3.8) is 0 Å². The van der Waals surface area contributed by atoms with E-state index in [0.717, 1.165) is 40.6 Å². The number of carbonyl (C=O) groups excluding carboxylic acids is 1. The predicted octanol–water partition coefficient (Wildman–Crippen LogP) is 2.56. The molecule has 1 aliphatic carbocycles. The van der Waals surface area contributed by atoms with E-state index < -0.39 is 17.9 Å². The highest BCUT2D eigenvalue weighted by molar-refractivity contribution is 6.08. The van der Waals surface area contributed by atoms with E-state index in [9.17, 15) is 14.7 Å². The Kier molecular flexibility index (Phi) is 4.72. The maximum absolute atomic E-state index is 12.8. The summed E-state index contributed by atoms with van der Waals surface area (Å²) >= 11 is 0. The lowest BCUT2D eigenvalue weighted by Gasteiger charge is -2.16. The number of benzene rings is 1. The molecule has 1 heterocycles. The van der Waals surface area contributed by atoms with Crippen LogP contribution in [0.15, 0.2) is 18.2 Å². The Balaban J connectivity index is 2.06. The quantitative estimate of drug-likeness (QED) is 0.842. The van der Waals surface area contributed by atoms with E-state index in [1.54, 1.807) is 6.07 Å². The average molecular weight is 342 g/mol. The number of rotatable bonds is 6. The Morgan fingerprint density at radius 2 is 2.04 bits per heavy atom. The zero-order valence-electron chi connectivity index (χ0n) is 14.6. The molecule has 6 nitrogen and oxygen atoms in total. The van der Waals surface area contributed by atoms with E-state index >= 15 is 0 Å². The Morgan fingerprint density at radius 3 is 2.64 bits per heavy atom. The average Bonchev–Trinajstić information content (AvgIpc) is 3.38. The first-order valence-electron chi connectivity index (χ1n) is 8.35. The highest BCUT2D eigenvalue weighted by Gasteiger charge is 2.28. The Labute approximate surface area is 146 Å². The van der Waals surface area contributed by atoms with Crippen molar-refractivity contribution >= 4 is 22.8 Å². The maximum atomic E-state index is 12.8. The molecule has 3 rings (SSSR count). The predicted molar refractivity (Wildman–Crippen MR) is 94.0 cm³/mol. The summed E-state index contributed by atoms with van der Waals surface area (Å²) in [5, 5.41) is 12.6. The third-order valence-electron chi connectivity index (χ3n) is 4.45. The van der Waals surface area contributed by atoms with Crippen LogP contribution in [0.2, 0.25) is 0 Å². The molecule has 0 saturated heterocycles. The minimum atomic E-state index is -1.12. The van der Waals surface area contributed by atoms with Gasteiger partial charge in [-0.25, -0.2) is 4.79 Å². The molecule has 0 spiro atoms. The van der Waals surface area contributed by atoms with E-state index in [0.29, 0.717) is 11.5 Å². The number of pyridine rings is 1. The van der Waals surface area contributed by atoms with Crippen LogP contribution in [0.4, 0.5) is 0 Å². The van der Waals surface area contributed by atoms with E-state index in [1.165, 1.54) is 7.11 Å². The topological polar surface area (TPSA) is 88.5 Å². The van der Waals surface area contributed by atoms with Crippen LogP contribution in [-0.2, 0) is 9.53 Å². The molecular weight excluding hydrogens is 320 g/mol. The van der Waals surface area contributed by atoms with Gasteiger partial charge in [-0.3, -0.25) is 9.78 Å². The van der Waals surface area contributed by atoms with E-state index in [-0.39, 0.29) is 6.61 Å². The van der Waals surface area contributed by atoms with Gasteiger partial charge < -0.3 is 15.2 Å². The number of nitrogens with one attached hydrogen (secondary N) is 1. The van der Waals surface area contributed by atoms with Crippen molar-refractivity contribution < 1.29 is 19.4 Å². The van der Waals surface area contributed by atoms with Gasteiger partial charge in [-0.2, -0.15) is 0 Å². The molecule has 2 aromatic rings. The number of ether oxygens (including phenoxy) is 1. The van der Waals surface area contributed by atoms with Gasteiger partial charge in [0.15, 0.2) is 6.04 Å². The summed E-state index contributed by atoms with van der Waals surface area (Å²) in [4.78, 5) is 28.9. The molecule has 1 amide bonds. The fourth-order valence-corrected chi connectivity index (χ4v) is 3.05. The van der Waals surface area contributed by atoms with Gasteiger partial charge in [-0.1, -0.05) is 11.6 Å². The lowest BCUT2D eigenvalue weighted by atomic mass is 10.00. The molecule has 25 heavy (non-hydrogen) atoms. The van der Waals surface area contributed by atoms with E-state index in [1.807, 2.05) is 26.0 Å². The van der Waals surface area contributed by atoms with Crippen LogP contribution < -0.4 is 5.32 Å². The number of fused-ring (bicyclic) bond motifs is 1. The number of aromatic nitrogens is 1. The van der Waals surface area contributed by atoms with Gasteiger partial charge in [0.25, 0.3) is 5.91 Å². The van der Waals surface area contributed by atoms with E-state index in [4.69, 9.17) is 9.72 Å². The standard InChI is InChI=1S/C19H22N2O4/c1-10-6-11(2)17-13(7-10)14(8-15(20-17)12-4-5-12)18(22)21-16(9-25-3)19(23)24/h6-8,12,16H,4-5,9H2,1-3H3,(H,21,22)(H,23,24). The molecule has 6 heteroatoms. The van der Waals surface area contributed by atoms with Gasteiger partial charge in [0.2, 0.25) is 0 Å². The number of carboxylic acids is 1. The largest absolute Gasteiger partial charge is 0.480 e. The van der Waals surface area contributed by atoms with Gasteiger partial charge in [-0.15, -0.1) is 0 Å². The fraction of sp³-hybridized carbons (Fsp3) is 0.421. The molecular formula is C19H22N2O4. The Morgan fingerprint density at radius 1 is 1.32 bits per heavy atom. The number of hydrogen-bond acceptors (Lipinski definition) is 4. The summed E-state index contributed by atoms with van der Waals surface area (Å²) in [5.41, 5.74) is 4.23. The maximum Gasteiger partial charge on any atom is 0.328 e. The van der Waals surface area contributed by atoms with Crippen LogP contribution in [0.25, 0.3) is 10.9 Å². The number of aryl methyl sites for hydroxylation is 2. The van der Waals surface area contributed by atoms with Crippen molar-refractivity contribution in [1.82, 2.24) is 10.3 Å². The molecule has 2 N–H and O–H groups in total. The molecule has 1 aliphatic rings. The molecule has 1 fully saturated rings. The number of carbonyl (C=O) groups is 2. The number of carboxylic acid groups (broad SMARTS) is 1. The summed E-state index contributed by atoms with van der Waals surface area (Å²) in [5.74, 6) is -1.14. The minimum Gasteiger partial charge on any atom is -0.480 e. The van der Waals surface area contributed by atoms with Crippen molar-refractivity contribution in [2.45, 2.75) is 38.6 Å². The normalized spacial score (nSPS) is 15.2. The van der Waals surface area contributed by atoms with Crippen LogP contribution in [0.1, 0.15) is 45.9 Å². The van der Waals surface area contributed by atoms with Crippen molar-refractivity contribution in [3.05, 3.63) is 40.6 Å². The highest BCUT2D eigenvalue weighted by atomic mass is 16.5. The third-order valence-corrected chi connectivity index (χ3v) is 4.45. The first-order chi connectivity index (χ1) is 11.9. The SMILES string of the molecule is COCC(NC(=O)c1cc(C2CC2)nc2c(C)cc(C)cc12)C(=O)O. The second-order valence-corrected chi connectivity index (χ2v) is 6.67. The molecule has 132 valence electrons. The van der Waals surface area contributed by atoms with Gasteiger partial charge >= 0.3 is 5.97 Å². The zero-order chi connectivity index (χ0) is 18.1. The number of nitrogens with zero attached hydrogens (tertiary/aromatic N) is 1. The molecule has 0 aliphatic heterocycles. The van der Waals surface area contributed by atoms with Crippen LogP contribution in [-0.4, -0.2) is 41.7 Å². The Bertz CT molecular complexity index is 843. The van der Waals surface area contributed by atoms with Gasteiger partial charge in [-0.05, 0) is 44.4 Å². The summed E-state index contributed by atoms with van der Waals surface area (Å²) in [6, 6.07) is 4.68. The van der Waals surface area contributed by atoms with Gasteiger partial charge in [0, 0.05) is 24.1 Å². The fourth-order valence-electron chi connectivity index (χ4n) is 3.05. The van der Waals surface area contributed by atoms with Gasteiger partial charge in [0.05, 0.1) is 17.7 Å². The highest BCUT2D eigenvalue weighted by Crippen LogP contribution is 2.40. The van der Waals surface area contributed by atoms with Crippen molar-refractivity contribution in [1.29, 1.82) is 0 Å². The molecule has 1 saturated carbocycles. The molecule has 1 aromatic heterocycles. The van der Waals surface area contributed by atoms with Crippen molar-refractivity contribution in [3.8, 4) is 0 Å². The first-order valence-corrected chi connectivity index (χ1v) is 8.35. The summed E-state index contributed by atoms with van der Waals surface area (Å²) in [6.45, 7) is 3.86. The van der Waals surface area contributed by atoms with Crippen molar-refractivity contribution in [2.75, 3.05) is 13.7 Å². The van der Waals surface area contributed by atoms with Crippen LogP contribution in [0.5, 0.6) is 0 Å². The monoisotopic (exact) mass is 342 g/mol. The zero-order valence-corrected chi connectivity index (χ0v) is 14.6. The number of aliphatic carboxylic acids is 1. The lowest BCUT2D eigenvalue weighted by molar-refractivity contribution is -0.140. The van der Waals surface area contributed by atoms with Crippen molar-refractivity contribution in [2.24, 2.45) is 0 Å². The second kappa shape index (κ2) is 6.80.